The normalized spacial score (nSPS) is 10.7. The SMILES string of the molecule is Cc1ncc(C(=O)Nc2ccnn2Cc2ccc(Cl)cc2Cl)s1. The summed E-state index contributed by atoms with van der Waals surface area (Å²) in [6, 6.07) is 7.02. The van der Waals surface area contributed by atoms with Crippen LogP contribution in [0.25, 0.3) is 0 Å². The van der Waals surface area contributed by atoms with Crippen molar-refractivity contribution < 1.29 is 4.79 Å². The van der Waals surface area contributed by atoms with E-state index in [0.717, 1.165) is 10.6 Å². The van der Waals surface area contributed by atoms with E-state index in [1.54, 1.807) is 35.3 Å². The maximum absolute atomic E-state index is 12.2. The Labute approximate surface area is 146 Å². The van der Waals surface area contributed by atoms with Crippen LogP contribution in [-0.4, -0.2) is 20.7 Å². The molecule has 1 N–H and O–H groups in total. The molecule has 0 spiro atoms. The quantitative estimate of drug-likeness (QED) is 0.750. The molecule has 3 aromatic rings. The Hall–Kier alpha value is -1.89. The Morgan fingerprint density at radius 1 is 1.35 bits per heavy atom. The fraction of sp³-hybridized carbons (Fsp3) is 0.133. The predicted molar refractivity (Wildman–Crippen MR) is 92.6 cm³/mol. The number of nitrogens with zero attached hydrogens (tertiary/aromatic N) is 3. The lowest BCUT2D eigenvalue weighted by Crippen LogP contribution is -2.15. The van der Waals surface area contributed by atoms with Crippen LogP contribution in [0.15, 0.2) is 36.7 Å². The van der Waals surface area contributed by atoms with E-state index in [-0.39, 0.29) is 5.91 Å². The molecule has 0 unspecified atom stereocenters. The van der Waals surface area contributed by atoms with E-state index in [0.29, 0.717) is 27.3 Å². The molecule has 2 aromatic heterocycles. The molecule has 0 aliphatic rings. The Morgan fingerprint density at radius 2 is 2.17 bits per heavy atom. The first-order valence-electron chi connectivity index (χ1n) is 6.72. The van der Waals surface area contributed by atoms with E-state index in [4.69, 9.17) is 23.2 Å². The molecule has 23 heavy (non-hydrogen) atoms. The average molecular weight is 367 g/mol. The second kappa shape index (κ2) is 6.70. The molecule has 0 saturated carbocycles. The number of hydrogen-bond donors (Lipinski definition) is 1. The number of aryl methyl sites for hydroxylation is 1. The van der Waals surface area contributed by atoms with Gasteiger partial charge in [-0.2, -0.15) is 5.10 Å². The number of carbonyl (C=O) groups excluding carboxylic acids is 1. The lowest BCUT2D eigenvalue weighted by Gasteiger charge is -2.10. The summed E-state index contributed by atoms with van der Waals surface area (Å²) in [6.07, 6.45) is 3.18. The zero-order valence-electron chi connectivity index (χ0n) is 12.1. The molecular weight excluding hydrogens is 355 g/mol. The second-order valence-electron chi connectivity index (χ2n) is 4.81. The van der Waals surface area contributed by atoms with Crippen LogP contribution in [0, 0.1) is 6.92 Å². The average Bonchev–Trinajstić information content (AvgIpc) is 3.11. The summed E-state index contributed by atoms with van der Waals surface area (Å²) in [6.45, 7) is 2.29. The van der Waals surface area contributed by atoms with E-state index in [2.05, 4.69) is 15.4 Å². The van der Waals surface area contributed by atoms with Crippen molar-refractivity contribution in [3.8, 4) is 0 Å². The zero-order valence-corrected chi connectivity index (χ0v) is 14.4. The molecule has 8 heteroatoms. The lowest BCUT2D eigenvalue weighted by molar-refractivity contribution is 0.102. The maximum Gasteiger partial charge on any atom is 0.268 e. The van der Waals surface area contributed by atoms with Crippen molar-refractivity contribution in [1.29, 1.82) is 0 Å². The Bertz CT molecular complexity index is 859. The molecule has 0 atom stereocenters. The van der Waals surface area contributed by atoms with Crippen molar-refractivity contribution >= 4 is 46.3 Å². The van der Waals surface area contributed by atoms with Crippen LogP contribution in [0.2, 0.25) is 10.0 Å². The van der Waals surface area contributed by atoms with Crippen molar-refractivity contribution in [2.75, 3.05) is 5.32 Å². The minimum atomic E-state index is -0.209. The van der Waals surface area contributed by atoms with Crippen LogP contribution in [0.5, 0.6) is 0 Å². The number of hydrogen-bond acceptors (Lipinski definition) is 4. The first kappa shape index (κ1) is 16.0. The smallest absolute Gasteiger partial charge is 0.268 e. The highest BCUT2D eigenvalue weighted by molar-refractivity contribution is 7.13. The molecule has 0 fully saturated rings. The van der Waals surface area contributed by atoms with Gasteiger partial charge in [-0.15, -0.1) is 11.3 Å². The number of nitrogens with one attached hydrogen (secondary N) is 1. The van der Waals surface area contributed by atoms with E-state index >= 15 is 0 Å². The van der Waals surface area contributed by atoms with E-state index < -0.39 is 0 Å². The summed E-state index contributed by atoms with van der Waals surface area (Å²) in [5.74, 6) is 0.381. The van der Waals surface area contributed by atoms with Crippen LogP contribution in [0.3, 0.4) is 0 Å². The monoisotopic (exact) mass is 366 g/mol. The third-order valence-electron chi connectivity index (χ3n) is 3.14. The highest BCUT2D eigenvalue weighted by Gasteiger charge is 2.13. The van der Waals surface area contributed by atoms with Gasteiger partial charge in [-0.25, -0.2) is 9.67 Å². The summed E-state index contributed by atoms with van der Waals surface area (Å²) in [7, 11) is 0. The third kappa shape index (κ3) is 3.72. The van der Waals surface area contributed by atoms with Crippen molar-refractivity contribution in [2.24, 2.45) is 0 Å². The molecule has 0 aliphatic carbocycles. The summed E-state index contributed by atoms with van der Waals surface area (Å²) in [5.41, 5.74) is 0.865. The Morgan fingerprint density at radius 3 is 2.87 bits per heavy atom. The largest absolute Gasteiger partial charge is 0.306 e. The molecule has 0 saturated heterocycles. The fourth-order valence-electron chi connectivity index (χ4n) is 2.02. The minimum Gasteiger partial charge on any atom is -0.306 e. The van der Waals surface area contributed by atoms with Crippen molar-refractivity contribution in [3.63, 3.8) is 0 Å². The van der Waals surface area contributed by atoms with E-state index in [1.165, 1.54) is 11.3 Å². The molecule has 118 valence electrons. The number of thiazole rings is 1. The van der Waals surface area contributed by atoms with Gasteiger partial charge in [0.05, 0.1) is 23.9 Å². The number of halogens is 2. The van der Waals surface area contributed by atoms with Gasteiger partial charge in [0.1, 0.15) is 10.7 Å². The Kier molecular flexibility index (Phi) is 4.66. The summed E-state index contributed by atoms with van der Waals surface area (Å²) >= 11 is 13.4. The first-order chi connectivity index (χ1) is 11.0. The lowest BCUT2D eigenvalue weighted by atomic mass is 10.2. The molecule has 2 heterocycles. The first-order valence-corrected chi connectivity index (χ1v) is 8.29. The third-order valence-corrected chi connectivity index (χ3v) is 4.64. The van der Waals surface area contributed by atoms with Gasteiger partial charge in [-0.05, 0) is 24.6 Å². The van der Waals surface area contributed by atoms with Gasteiger partial charge in [0.25, 0.3) is 5.91 Å². The van der Waals surface area contributed by atoms with Crippen LogP contribution >= 0.6 is 34.5 Å². The number of aromatic nitrogens is 3. The predicted octanol–water partition coefficient (Wildman–Crippen LogP) is 4.26. The zero-order chi connectivity index (χ0) is 16.4. The van der Waals surface area contributed by atoms with Crippen molar-refractivity contribution in [2.45, 2.75) is 13.5 Å². The fourth-order valence-corrected chi connectivity index (χ4v) is 3.16. The van der Waals surface area contributed by atoms with Gasteiger partial charge in [0, 0.05) is 16.1 Å². The number of anilines is 1. The van der Waals surface area contributed by atoms with Gasteiger partial charge >= 0.3 is 0 Å². The molecule has 0 radical (unpaired) electrons. The van der Waals surface area contributed by atoms with Crippen LogP contribution < -0.4 is 5.32 Å². The molecule has 0 bridgehead atoms. The van der Waals surface area contributed by atoms with Gasteiger partial charge < -0.3 is 5.32 Å². The maximum atomic E-state index is 12.2. The highest BCUT2D eigenvalue weighted by Crippen LogP contribution is 2.23. The van der Waals surface area contributed by atoms with E-state index in [1.807, 2.05) is 13.0 Å². The molecular formula is C15H12Cl2N4OS. The number of benzene rings is 1. The van der Waals surface area contributed by atoms with Crippen LogP contribution in [0.1, 0.15) is 20.2 Å². The summed E-state index contributed by atoms with van der Waals surface area (Å²) in [4.78, 5) is 16.9. The number of rotatable bonds is 4. The standard InChI is InChI=1S/C15H12Cl2N4OS/c1-9-18-7-13(23-9)15(22)20-14-4-5-19-21(14)8-10-2-3-11(16)6-12(10)17/h2-7H,8H2,1H3,(H,20,22). The second-order valence-corrected chi connectivity index (χ2v) is 6.89. The topological polar surface area (TPSA) is 59.8 Å². The van der Waals surface area contributed by atoms with Crippen molar-refractivity contribution in [3.05, 3.63) is 62.2 Å². The molecule has 1 aromatic carbocycles. The van der Waals surface area contributed by atoms with Gasteiger partial charge in [-0.1, -0.05) is 29.3 Å². The summed E-state index contributed by atoms with van der Waals surface area (Å²) < 4.78 is 1.67. The summed E-state index contributed by atoms with van der Waals surface area (Å²) in [5, 5.41) is 9.04. The van der Waals surface area contributed by atoms with Gasteiger partial charge in [0.2, 0.25) is 0 Å². The van der Waals surface area contributed by atoms with Crippen LogP contribution in [0.4, 0.5) is 5.82 Å². The number of amides is 1. The highest BCUT2D eigenvalue weighted by atomic mass is 35.5. The van der Waals surface area contributed by atoms with Crippen LogP contribution in [-0.2, 0) is 6.54 Å². The molecule has 3 rings (SSSR count). The van der Waals surface area contributed by atoms with Crippen molar-refractivity contribution in [1.82, 2.24) is 14.8 Å². The molecule has 1 amide bonds. The molecule has 0 aliphatic heterocycles. The van der Waals surface area contributed by atoms with Gasteiger partial charge in [0.15, 0.2) is 0 Å². The minimum absolute atomic E-state index is 0.209. The van der Waals surface area contributed by atoms with Gasteiger partial charge in [-0.3, -0.25) is 4.79 Å². The molecule has 5 nitrogen and oxygen atoms in total. The van der Waals surface area contributed by atoms with E-state index in [9.17, 15) is 4.79 Å². The Balaban J connectivity index is 1.78. The number of carbonyl (C=O) groups is 1.